The molecule has 0 bridgehead atoms. The van der Waals surface area contributed by atoms with Crippen LogP contribution in [0, 0.1) is 0 Å². The minimum absolute atomic E-state index is 0.122. The summed E-state index contributed by atoms with van der Waals surface area (Å²) in [4.78, 5) is 24.1. The number of nitrogens with one attached hydrogen (secondary N) is 1. The van der Waals surface area contributed by atoms with E-state index in [-0.39, 0.29) is 12.2 Å². The quantitative estimate of drug-likeness (QED) is 0.584. The number of rotatable bonds is 8. The number of ketones is 1. The maximum Gasteiger partial charge on any atom is 0.305 e. The molecule has 6 nitrogen and oxygen atoms in total. The molecule has 2 N–H and O–H groups in total. The maximum absolute atomic E-state index is 11.2. The average Bonchev–Trinajstić information content (AvgIpc) is 2.33. The van der Waals surface area contributed by atoms with Crippen molar-refractivity contribution in [3.8, 4) is 0 Å². The molecule has 1 aliphatic heterocycles. The number of carbonyl (C=O) groups is 2. The highest BCUT2D eigenvalue weighted by atomic mass is 16.5. The van der Waals surface area contributed by atoms with Gasteiger partial charge in [0.05, 0.1) is 25.7 Å². The summed E-state index contributed by atoms with van der Waals surface area (Å²) >= 11 is 0. The monoisotopic (exact) mass is 258 g/mol. The molecule has 1 aliphatic rings. The van der Waals surface area contributed by atoms with Crippen LogP contribution in [0.2, 0.25) is 0 Å². The zero-order valence-electron chi connectivity index (χ0n) is 10.9. The van der Waals surface area contributed by atoms with Gasteiger partial charge in [0.15, 0.2) is 0 Å². The molecule has 1 rings (SSSR count). The van der Waals surface area contributed by atoms with Gasteiger partial charge in [0.2, 0.25) is 0 Å². The van der Waals surface area contributed by atoms with Gasteiger partial charge in [-0.3, -0.25) is 14.5 Å². The van der Waals surface area contributed by atoms with Crippen LogP contribution in [0.5, 0.6) is 0 Å². The summed E-state index contributed by atoms with van der Waals surface area (Å²) in [6.45, 7) is 6.49. The Hall–Kier alpha value is -0.980. The number of morpholine rings is 1. The number of carbonyl (C=O) groups excluding carboxylic acids is 1. The zero-order chi connectivity index (χ0) is 13.4. The lowest BCUT2D eigenvalue weighted by molar-refractivity contribution is -0.139. The molecule has 104 valence electrons. The van der Waals surface area contributed by atoms with E-state index < -0.39 is 12.0 Å². The van der Waals surface area contributed by atoms with E-state index in [0.29, 0.717) is 6.54 Å². The van der Waals surface area contributed by atoms with Crippen LogP contribution in [0.15, 0.2) is 0 Å². The fourth-order valence-electron chi connectivity index (χ4n) is 1.94. The molecule has 1 unspecified atom stereocenters. The standard InChI is InChI=1S/C12H22N2O4/c1-10(15)11(9-12(16)17)13-3-2-4-14-5-7-18-8-6-14/h11,13H,2-9H2,1H3,(H,16,17). The van der Waals surface area contributed by atoms with Crippen LogP contribution in [0.4, 0.5) is 0 Å². The molecule has 6 heteroatoms. The summed E-state index contributed by atoms with van der Waals surface area (Å²) in [6, 6.07) is -0.563. The molecule has 0 spiro atoms. The number of hydrogen-bond acceptors (Lipinski definition) is 5. The van der Waals surface area contributed by atoms with Crippen molar-refractivity contribution in [2.45, 2.75) is 25.8 Å². The molecule has 0 aromatic rings. The molecule has 1 atom stereocenters. The Bertz CT molecular complexity index is 277. The SMILES string of the molecule is CC(=O)C(CC(=O)O)NCCCN1CCOCC1. The Labute approximate surface area is 107 Å². The molecule has 0 saturated carbocycles. The van der Waals surface area contributed by atoms with E-state index in [9.17, 15) is 9.59 Å². The van der Waals surface area contributed by atoms with Gasteiger partial charge in [-0.05, 0) is 26.4 Å². The molecule has 0 aromatic heterocycles. The van der Waals surface area contributed by atoms with E-state index in [1.54, 1.807) is 0 Å². The van der Waals surface area contributed by atoms with Crippen LogP contribution in [0.1, 0.15) is 19.8 Å². The first-order chi connectivity index (χ1) is 8.59. The van der Waals surface area contributed by atoms with E-state index in [0.717, 1.165) is 39.3 Å². The summed E-state index contributed by atoms with van der Waals surface area (Å²) in [5.41, 5.74) is 0. The number of carboxylic acid groups (broad SMARTS) is 1. The predicted octanol–water partition coefficient (Wildman–Crippen LogP) is -0.269. The number of carboxylic acids is 1. The Balaban J connectivity index is 2.13. The van der Waals surface area contributed by atoms with Crippen molar-refractivity contribution >= 4 is 11.8 Å². The Morgan fingerprint density at radius 1 is 1.39 bits per heavy atom. The molecular formula is C12H22N2O4. The van der Waals surface area contributed by atoms with Crippen molar-refractivity contribution in [2.75, 3.05) is 39.4 Å². The largest absolute Gasteiger partial charge is 0.481 e. The lowest BCUT2D eigenvalue weighted by Gasteiger charge is -2.26. The maximum atomic E-state index is 11.2. The second-order valence-corrected chi connectivity index (χ2v) is 4.52. The summed E-state index contributed by atoms with van der Waals surface area (Å²) in [5, 5.41) is 11.7. The van der Waals surface area contributed by atoms with Crippen molar-refractivity contribution < 1.29 is 19.4 Å². The van der Waals surface area contributed by atoms with E-state index in [2.05, 4.69) is 10.2 Å². The number of Topliss-reactive ketones (excluding diaryl/α,β-unsaturated/α-hetero) is 1. The molecule has 0 amide bonds. The van der Waals surface area contributed by atoms with Gasteiger partial charge in [-0.25, -0.2) is 0 Å². The summed E-state index contributed by atoms with van der Waals surface area (Å²) in [5.74, 6) is -1.07. The number of aliphatic carboxylic acids is 1. The molecule has 18 heavy (non-hydrogen) atoms. The van der Waals surface area contributed by atoms with Crippen molar-refractivity contribution in [3.63, 3.8) is 0 Å². The third-order valence-corrected chi connectivity index (χ3v) is 3.02. The average molecular weight is 258 g/mol. The molecule has 0 aliphatic carbocycles. The number of ether oxygens (including phenoxy) is 1. The molecule has 1 heterocycles. The van der Waals surface area contributed by atoms with Crippen LogP contribution in [0.25, 0.3) is 0 Å². The lowest BCUT2D eigenvalue weighted by Crippen LogP contribution is -2.40. The Morgan fingerprint density at radius 2 is 2.06 bits per heavy atom. The second kappa shape index (κ2) is 8.18. The smallest absolute Gasteiger partial charge is 0.305 e. The minimum Gasteiger partial charge on any atom is -0.481 e. The molecule has 0 radical (unpaired) electrons. The van der Waals surface area contributed by atoms with Crippen LogP contribution in [-0.2, 0) is 14.3 Å². The van der Waals surface area contributed by atoms with Crippen LogP contribution in [-0.4, -0.2) is 67.2 Å². The fraction of sp³-hybridized carbons (Fsp3) is 0.833. The van der Waals surface area contributed by atoms with E-state index in [4.69, 9.17) is 9.84 Å². The first-order valence-electron chi connectivity index (χ1n) is 6.35. The van der Waals surface area contributed by atoms with Gasteiger partial charge in [0.1, 0.15) is 5.78 Å². The third kappa shape index (κ3) is 6.09. The molecule has 1 saturated heterocycles. The fourth-order valence-corrected chi connectivity index (χ4v) is 1.94. The lowest BCUT2D eigenvalue weighted by atomic mass is 10.1. The summed E-state index contributed by atoms with van der Waals surface area (Å²) in [7, 11) is 0. The van der Waals surface area contributed by atoms with Crippen LogP contribution >= 0.6 is 0 Å². The zero-order valence-corrected chi connectivity index (χ0v) is 10.9. The summed E-state index contributed by atoms with van der Waals surface area (Å²) in [6.07, 6.45) is 0.760. The highest BCUT2D eigenvalue weighted by Gasteiger charge is 2.17. The van der Waals surface area contributed by atoms with Crippen molar-refractivity contribution in [2.24, 2.45) is 0 Å². The highest BCUT2D eigenvalue weighted by molar-refractivity contribution is 5.85. The van der Waals surface area contributed by atoms with Crippen molar-refractivity contribution in [3.05, 3.63) is 0 Å². The van der Waals surface area contributed by atoms with Gasteiger partial charge in [-0.15, -0.1) is 0 Å². The minimum atomic E-state index is -0.948. The van der Waals surface area contributed by atoms with Crippen LogP contribution in [0.3, 0.4) is 0 Å². The number of hydrogen-bond donors (Lipinski definition) is 2. The Kier molecular flexibility index (Phi) is 6.85. The van der Waals surface area contributed by atoms with Gasteiger partial charge in [0, 0.05) is 13.1 Å². The van der Waals surface area contributed by atoms with E-state index in [1.165, 1.54) is 6.92 Å². The van der Waals surface area contributed by atoms with Crippen molar-refractivity contribution in [1.82, 2.24) is 10.2 Å². The highest BCUT2D eigenvalue weighted by Crippen LogP contribution is 1.99. The van der Waals surface area contributed by atoms with Crippen molar-refractivity contribution in [1.29, 1.82) is 0 Å². The molecular weight excluding hydrogens is 236 g/mol. The first kappa shape index (κ1) is 15.1. The normalized spacial score (nSPS) is 18.5. The Morgan fingerprint density at radius 3 is 2.61 bits per heavy atom. The van der Waals surface area contributed by atoms with E-state index >= 15 is 0 Å². The van der Waals surface area contributed by atoms with Crippen LogP contribution < -0.4 is 5.32 Å². The van der Waals surface area contributed by atoms with E-state index in [1.807, 2.05) is 0 Å². The summed E-state index contributed by atoms with van der Waals surface area (Å²) < 4.78 is 5.25. The molecule has 0 aromatic carbocycles. The second-order valence-electron chi connectivity index (χ2n) is 4.52. The predicted molar refractivity (Wildman–Crippen MR) is 66.6 cm³/mol. The molecule has 1 fully saturated rings. The first-order valence-corrected chi connectivity index (χ1v) is 6.35. The van der Waals surface area contributed by atoms with Gasteiger partial charge in [0.25, 0.3) is 0 Å². The van der Waals surface area contributed by atoms with Gasteiger partial charge < -0.3 is 15.2 Å². The van der Waals surface area contributed by atoms with Gasteiger partial charge >= 0.3 is 5.97 Å². The van der Waals surface area contributed by atoms with Gasteiger partial charge in [-0.1, -0.05) is 0 Å². The number of nitrogens with zero attached hydrogens (tertiary/aromatic N) is 1. The topological polar surface area (TPSA) is 78.9 Å². The van der Waals surface area contributed by atoms with Gasteiger partial charge in [-0.2, -0.15) is 0 Å². The third-order valence-electron chi connectivity index (χ3n) is 3.02.